The summed E-state index contributed by atoms with van der Waals surface area (Å²) in [5.74, 6) is 1.60. The lowest BCUT2D eigenvalue weighted by molar-refractivity contribution is 0.269. The first-order valence-corrected chi connectivity index (χ1v) is 10.1. The summed E-state index contributed by atoms with van der Waals surface area (Å²) in [4.78, 5) is 0. The van der Waals surface area contributed by atoms with Gasteiger partial charge in [-0.25, -0.2) is 0 Å². The zero-order valence-electron chi connectivity index (χ0n) is 15.4. The van der Waals surface area contributed by atoms with E-state index in [-0.39, 0.29) is 5.75 Å². The minimum Gasteiger partial charge on any atom is -0.508 e. The van der Waals surface area contributed by atoms with E-state index < -0.39 is 0 Å². The molecular weight excluding hydrogens is 442 g/mol. The molecule has 0 heterocycles. The van der Waals surface area contributed by atoms with Gasteiger partial charge in [-0.1, -0.05) is 39.7 Å². The fraction of sp³-hybridized carbons (Fsp3) is 0.182. The highest BCUT2D eigenvalue weighted by Gasteiger charge is 2.11. The van der Waals surface area contributed by atoms with E-state index in [1.165, 1.54) is 0 Å². The molecule has 28 heavy (non-hydrogen) atoms. The number of phenolic OH excluding ortho intramolecular Hbond substituents is 1. The average Bonchev–Trinajstić information content (AvgIpc) is 2.68. The minimum absolute atomic E-state index is 0.242. The van der Waals surface area contributed by atoms with Crippen LogP contribution >= 0.6 is 27.5 Å². The van der Waals surface area contributed by atoms with Crippen LogP contribution in [0.4, 0.5) is 5.69 Å². The van der Waals surface area contributed by atoms with Crippen LogP contribution in [0.2, 0.25) is 5.02 Å². The number of benzene rings is 3. The van der Waals surface area contributed by atoms with Gasteiger partial charge < -0.3 is 19.9 Å². The summed E-state index contributed by atoms with van der Waals surface area (Å²) in [6.45, 7) is 3.48. The third kappa shape index (κ3) is 5.57. The highest BCUT2D eigenvalue weighted by Crippen LogP contribution is 2.35. The van der Waals surface area contributed by atoms with E-state index in [1.54, 1.807) is 12.1 Å². The average molecular weight is 463 g/mol. The zero-order chi connectivity index (χ0) is 19.9. The molecule has 0 aromatic heterocycles. The number of nitrogens with one attached hydrogen (secondary N) is 1. The predicted molar refractivity (Wildman–Crippen MR) is 117 cm³/mol. The molecule has 0 saturated heterocycles. The van der Waals surface area contributed by atoms with E-state index in [1.807, 2.05) is 55.5 Å². The van der Waals surface area contributed by atoms with Gasteiger partial charge in [-0.2, -0.15) is 0 Å². The highest BCUT2D eigenvalue weighted by atomic mass is 79.9. The second kappa shape index (κ2) is 9.71. The third-order valence-corrected chi connectivity index (χ3v) is 5.02. The first-order chi connectivity index (χ1) is 13.5. The standard InChI is InChI=1S/C22H21BrClNO3/c1-2-27-21-11-16(13-25-18-6-8-19(26)9-7-18)20(23)12-22(21)28-14-15-4-3-5-17(24)10-15/h3-12,25-26H,2,13-14H2,1H3. The molecule has 3 rings (SSSR count). The number of rotatable bonds is 8. The molecule has 0 fully saturated rings. The molecule has 0 saturated carbocycles. The molecule has 3 aromatic carbocycles. The molecule has 0 spiro atoms. The van der Waals surface area contributed by atoms with Crippen LogP contribution in [0.15, 0.2) is 65.1 Å². The Balaban J connectivity index is 1.74. The molecule has 0 aliphatic rings. The summed E-state index contributed by atoms with van der Waals surface area (Å²) in [7, 11) is 0. The van der Waals surface area contributed by atoms with Crippen molar-refractivity contribution >= 4 is 33.2 Å². The quantitative estimate of drug-likeness (QED) is 0.380. The summed E-state index contributed by atoms with van der Waals surface area (Å²) in [6.07, 6.45) is 0. The molecule has 0 aliphatic heterocycles. The number of ether oxygens (including phenoxy) is 2. The summed E-state index contributed by atoms with van der Waals surface area (Å²) in [6, 6.07) is 18.4. The Morgan fingerprint density at radius 2 is 1.75 bits per heavy atom. The second-order valence-electron chi connectivity index (χ2n) is 6.14. The Morgan fingerprint density at radius 3 is 2.46 bits per heavy atom. The maximum atomic E-state index is 9.39. The van der Waals surface area contributed by atoms with Gasteiger partial charge in [0.25, 0.3) is 0 Å². The van der Waals surface area contributed by atoms with Crippen LogP contribution in [0.5, 0.6) is 17.2 Å². The molecule has 3 aromatic rings. The van der Waals surface area contributed by atoms with Crippen molar-refractivity contribution in [2.24, 2.45) is 0 Å². The topological polar surface area (TPSA) is 50.7 Å². The van der Waals surface area contributed by atoms with Crippen LogP contribution in [0.3, 0.4) is 0 Å². The van der Waals surface area contributed by atoms with Gasteiger partial charge in [0.1, 0.15) is 12.4 Å². The number of anilines is 1. The Bertz CT molecular complexity index is 932. The lowest BCUT2D eigenvalue weighted by Gasteiger charge is -2.16. The molecule has 2 N–H and O–H groups in total. The Labute approximate surface area is 178 Å². The van der Waals surface area contributed by atoms with Gasteiger partial charge >= 0.3 is 0 Å². The molecule has 0 radical (unpaired) electrons. The summed E-state index contributed by atoms with van der Waals surface area (Å²) >= 11 is 9.66. The number of phenols is 1. The van der Waals surface area contributed by atoms with Gasteiger partial charge in [0.15, 0.2) is 11.5 Å². The fourth-order valence-corrected chi connectivity index (χ4v) is 3.33. The van der Waals surface area contributed by atoms with Crippen LogP contribution < -0.4 is 14.8 Å². The van der Waals surface area contributed by atoms with Crippen LogP contribution in [0, 0.1) is 0 Å². The van der Waals surface area contributed by atoms with Crippen molar-refractivity contribution < 1.29 is 14.6 Å². The molecule has 0 amide bonds. The molecule has 4 nitrogen and oxygen atoms in total. The van der Waals surface area contributed by atoms with Gasteiger partial charge in [-0.15, -0.1) is 0 Å². The normalized spacial score (nSPS) is 10.5. The van der Waals surface area contributed by atoms with E-state index in [4.69, 9.17) is 21.1 Å². The molecule has 0 bridgehead atoms. The van der Waals surface area contributed by atoms with Gasteiger partial charge in [-0.3, -0.25) is 0 Å². The lowest BCUT2D eigenvalue weighted by atomic mass is 10.2. The van der Waals surface area contributed by atoms with E-state index in [9.17, 15) is 5.11 Å². The minimum atomic E-state index is 0.242. The number of hydrogen-bond donors (Lipinski definition) is 2. The number of hydrogen-bond acceptors (Lipinski definition) is 4. The van der Waals surface area contributed by atoms with Crippen LogP contribution in [0.25, 0.3) is 0 Å². The maximum absolute atomic E-state index is 9.39. The molecule has 0 atom stereocenters. The van der Waals surface area contributed by atoms with Crippen LogP contribution in [-0.2, 0) is 13.2 Å². The van der Waals surface area contributed by atoms with Crippen molar-refractivity contribution in [3.8, 4) is 17.2 Å². The molecule has 146 valence electrons. The molecule has 0 unspecified atom stereocenters. The first kappa shape index (κ1) is 20.4. The molecule has 6 heteroatoms. The van der Waals surface area contributed by atoms with Crippen molar-refractivity contribution in [3.63, 3.8) is 0 Å². The van der Waals surface area contributed by atoms with E-state index in [0.717, 1.165) is 21.3 Å². The third-order valence-electron chi connectivity index (χ3n) is 4.05. The number of halogens is 2. The fourth-order valence-electron chi connectivity index (χ4n) is 2.66. The van der Waals surface area contributed by atoms with Crippen LogP contribution in [-0.4, -0.2) is 11.7 Å². The SMILES string of the molecule is CCOc1cc(CNc2ccc(O)cc2)c(Br)cc1OCc1cccc(Cl)c1. The van der Waals surface area contributed by atoms with Gasteiger partial charge in [0.05, 0.1) is 6.61 Å². The van der Waals surface area contributed by atoms with Gasteiger partial charge in [-0.05, 0) is 66.6 Å². The molecular formula is C22H21BrClNO3. The van der Waals surface area contributed by atoms with Gasteiger partial charge in [0, 0.05) is 21.7 Å². The van der Waals surface area contributed by atoms with Crippen molar-refractivity contribution in [2.75, 3.05) is 11.9 Å². The Morgan fingerprint density at radius 1 is 1.00 bits per heavy atom. The van der Waals surface area contributed by atoms with Gasteiger partial charge in [0.2, 0.25) is 0 Å². The second-order valence-corrected chi connectivity index (χ2v) is 7.43. The number of aromatic hydroxyl groups is 1. The van der Waals surface area contributed by atoms with Crippen molar-refractivity contribution in [1.29, 1.82) is 0 Å². The Kier molecular flexibility index (Phi) is 7.06. The summed E-state index contributed by atoms with van der Waals surface area (Å²) in [5.41, 5.74) is 2.94. The van der Waals surface area contributed by atoms with Crippen molar-refractivity contribution in [2.45, 2.75) is 20.1 Å². The first-order valence-electron chi connectivity index (χ1n) is 8.90. The lowest BCUT2D eigenvalue weighted by Crippen LogP contribution is -2.04. The smallest absolute Gasteiger partial charge is 0.162 e. The zero-order valence-corrected chi connectivity index (χ0v) is 17.8. The largest absolute Gasteiger partial charge is 0.508 e. The van der Waals surface area contributed by atoms with Crippen molar-refractivity contribution in [1.82, 2.24) is 0 Å². The van der Waals surface area contributed by atoms with Crippen LogP contribution in [0.1, 0.15) is 18.1 Å². The predicted octanol–water partition coefficient (Wildman–Crippen LogP) is 6.40. The molecule has 0 aliphatic carbocycles. The summed E-state index contributed by atoms with van der Waals surface area (Å²) < 4.78 is 12.7. The van der Waals surface area contributed by atoms with E-state index in [2.05, 4.69) is 21.2 Å². The van der Waals surface area contributed by atoms with E-state index >= 15 is 0 Å². The van der Waals surface area contributed by atoms with Crippen molar-refractivity contribution in [3.05, 3.63) is 81.3 Å². The highest BCUT2D eigenvalue weighted by molar-refractivity contribution is 9.10. The van der Waals surface area contributed by atoms with E-state index in [0.29, 0.717) is 36.3 Å². The Hall–Kier alpha value is -2.37. The maximum Gasteiger partial charge on any atom is 0.162 e. The monoisotopic (exact) mass is 461 g/mol. The summed E-state index contributed by atoms with van der Waals surface area (Å²) in [5, 5.41) is 13.4.